The van der Waals surface area contributed by atoms with Crippen molar-refractivity contribution >= 4 is 39.1 Å². The van der Waals surface area contributed by atoms with Gasteiger partial charge in [-0.25, -0.2) is 4.79 Å². The lowest BCUT2D eigenvalue weighted by Crippen LogP contribution is -2.18. The summed E-state index contributed by atoms with van der Waals surface area (Å²) in [7, 11) is 6.04. The minimum atomic E-state index is -0.589. The smallest absolute Gasteiger partial charge is 0.340 e. The average molecular weight is 374 g/mol. The molecule has 3 aromatic rings. The number of aryl methyl sites for hydroxylation is 1. The van der Waals surface area contributed by atoms with E-state index in [1.165, 1.54) is 33.5 Å². The van der Waals surface area contributed by atoms with Crippen molar-refractivity contribution in [1.82, 2.24) is 4.57 Å². The van der Waals surface area contributed by atoms with Crippen molar-refractivity contribution in [2.24, 2.45) is 7.05 Å². The van der Waals surface area contributed by atoms with Crippen LogP contribution in [0.5, 0.6) is 11.5 Å². The molecule has 2 heterocycles. The van der Waals surface area contributed by atoms with Gasteiger partial charge in [0.1, 0.15) is 5.69 Å². The molecule has 1 amide bonds. The maximum Gasteiger partial charge on any atom is 0.340 e. The van der Waals surface area contributed by atoms with Gasteiger partial charge in [0.05, 0.1) is 42.8 Å². The predicted molar refractivity (Wildman–Crippen MR) is 99.6 cm³/mol. The van der Waals surface area contributed by atoms with Crippen molar-refractivity contribution in [3.05, 3.63) is 40.9 Å². The van der Waals surface area contributed by atoms with E-state index in [4.69, 9.17) is 14.2 Å². The van der Waals surface area contributed by atoms with Gasteiger partial charge in [0.25, 0.3) is 5.91 Å². The van der Waals surface area contributed by atoms with Crippen molar-refractivity contribution in [3.8, 4) is 11.5 Å². The first-order chi connectivity index (χ1) is 12.5. The first kappa shape index (κ1) is 17.8. The number of fused-ring (bicyclic) bond motifs is 1. The van der Waals surface area contributed by atoms with Crippen LogP contribution in [0.3, 0.4) is 0 Å². The third-order valence-electron chi connectivity index (χ3n) is 4.07. The van der Waals surface area contributed by atoms with Crippen molar-refractivity contribution in [3.63, 3.8) is 0 Å². The van der Waals surface area contributed by atoms with Crippen LogP contribution >= 0.6 is 11.3 Å². The fourth-order valence-electron chi connectivity index (χ4n) is 2.72. The van der Waals surface area contributed by atoms with E-state index in [2.05, 4.69) is 5.32 Å². The summed E-state index contributed by atoms with van der Waals surface area (Å²) >= 11 is 1.56. The van der Waals surface area contributed by atoms with Crippen molar-refractivity contribution in [2.45, 2.75) is 0 Å². The number of carbonyl (C=O) groups is 2. The van der Waals surface area contributed by atoms with Crippen LogP contribution in [0.25, 0.3) is 10.2 Å². The van der Waals surface area contributed by atoms with Crippen LogP contribution in [0.4, 0.5) is 5.69 Å². The maximum absolute atomic E-state index is 12.8. The maximum atomic E-state index is 12.8. The van der Waals surface area contributed by atoms with Crippen molar-refractivity contribution in [2.75, 3.05) is 26.6 Å². The summed E-state index contributed by atoms with van der Waals surface area (Å²) in [6.45, 7) is 0. The summed E-state index contributed by atoms with van der Waals surface area (Å²) in [5.41, 5.74) is 1.91. The highest BCUT2D eigenvalue weighted by Gasteiger charge is 2.21. The molecule has 7 nitrogen and oxygen atoms in total. The van der Waals surface area contributed by atoms with Gasteiger partial charge in [-0.3, -0.25) is 4.79 Å². The lowest BCUT2D eigenvalue weighted by Gasteiger charge is -2.15. The highest BCUT2D eigenvalue weighted by molar-refractivity contribution is 7.17. The van der Waals surface area contributed by atoms with Crippen molar-refractivity contribution < 1.29 is 23.8 Å². The van der Waals surface area contributed by atoms with E-state index < -0.39 is 5.97 Å². The number of aromatic nitrogens is 1. The summed E-state index contributed by atoms with van der Waals surface area (Å²) in [6, 6.07) is 6.78. The number of rotatable bonds is 5. The predicted octanol–water partition coefficient (Wildman–Crippen LogP) is 3.30. The van der Waals surface area contributed by atoms with Gasteiger partial charge in [-0.2, -0.15) is 0 Å². The van der Waals surface area contributed by atoms with Crippen LogP contribution in [0.1, 0.15) is 20.8 Å². The second-order valence-electron chi connectivity index (χ2n) is 5.46. The molecule has 0 aliphatic rings. The van der Waals surface area contributed by atoms with Gasteiger partial charge in [0, 0.05) is 19.2 Å². The second-order valence-corrected chi connectivity index (χ2v) is 6.40. The zero-order valence-corrected chi connectivity index (χ0v) is 15.6. The Kier molecular flexibility index (Phi) is 4.85. The molecule has 3 rings (SSSR count). The molecule has 2 aromatic heterocycles. The molecule has 8 heteroatoms. The SMILES string of the molecule is COC(=O)c1cc(OC)c(OC)cc1NC(=O)c1cc2sccc2n1C. The second kappa shape index (κ2) is 7.09. The number of thiophene rings is 1. The Labute approximate surface area is 154 Å². The number of methoxy groups -OCH3 is 3. The monoisotopic (exact) mass is 374 g/mol. The van der Waals surface area contributed by atoms with E-state index in [-0.39, 0.29) is 17.2 Å². The van der Waals surface area contributed by atoms with Crippen LogP contribution in [0.2, 0.25) is 0 Å². The summed E-state index contributed by atoms with van der Waals surface area (Å²) < 4.78 is 18.1. The van der Waals surface area contributed by atoms with E-state index in [1.54, 1.807) is 15.9 Å². The molecule has 0 atom stereocenters. The zero-order valence-electron chi connectivity index (χ0n) is 14.8. The molecule has 1 aromatic carbocycles. The van der Waals surface area contributed by atoms with Crippen molar-refractivity contribution in [1.29, 1.82) is 0 Å². The lowest BCUT2D eigenvalue weighted by atomic mass is 10.1. The quantitative estimate of drug-likeness (QED) is 0.693. The van der Waals surface area contributed by atoms with Gasteiger partial charge < -0.3 is 24.1 Å². The molecule has 0 fully saturated rings. The molecule has 0 unspecified atom stereocenters. The van der Waals surface area contributed by atoms with Gasteiger partial charge in [-0.05, 0) is 17.5 Å². The summed E-state index contributed by atoms with van der Waals surface area (Å²) in [5.74, 6) is -0.170. The highest BCUT2D eigenvalue weighted by atomic mass is 32.1. The van der Waals surface area contributed by atoms with E-state index in [1.807, 2.05) is 24.6 Å². The number of hydrogen-bond donors (Lipinski definition) is 1. The van der Waals surface area contributed by atoms with E-state index in [0.29, 0.717) is 17.2 Å². The Morgan fingerprint density at radius 3 is 2.38 bits per heavy atom. The fraction of sp³-hybridized carbons (Fsp3) is 0.222. The average Bonchev–Trinajstić information content (AvgIpc) is 3.23. The number of nitrogens with one attached hydrogen (secondary N) is 1. The minimum Gasteiger partial charge on any atom is -0.493 e. The molecule has 0 spiro atoms. The first-order valence-corrected chi connectivity index (χ1v) is 8.56. The molecule has 136 valence electrons. The number of anilines is 1. The zero-order chi connectivity index (χ0) is 18.8. The standard InChI is InChI=1S/C18H18N2O5S/c1-20-12-5-6-26-16(12)9-13(20)17(21)19-11-8-15(24-3)14(23-2)7-10(11)18(22)25-4/h5-9H,1-4H3,(H,19,21). The molecular weight excluding hydrogens is 356 g/mol. The van der Waals surface area contributed by atoms with Gasteiger partial charge in [0.15, 0.2) is 11.5 Å². The Hall–Kier alpha value is -3.00. The summed E-state index contributed by atoms with van der Waals surface area (Å²) in [4.78, 5) is 24.9. The van der Waals surface area contributed by atoms with Crippen LogP contribution in [-0.4, -0.2) is 37.8 Å². The van der Waals surface area contributed by atoms with Crippen LogP contribution in [0.15, 0.2) is 29.6 Å². The fourth-order valence-corrected chi connectivity index (χ4v) is 3.56. The Morgan fingerprint density at radius 2 is 1.77 bits per heavy atom. The Bertz CT molecular complexity index is 989. The number of nitrogens with zero attached hydrogens (tertiary/aromatic N) is 1. The Morgan fingerprint density at radius 1 is 1.08 bits per heavy atom. The van der Waals surface area contributed by atoms with E-state index in [9.17, 15) is 9.59 Å². The van der Waals surface area contributed by atoms with Crippen LogP contribution < -0.4 is 14.8 Å². The number of benzene rings is 1. The normalized spacial score (nSPS) is 10.6. The largest absolute Gasteiger partial charge is 0.493 e. The molecular formula is C18H18N2O5S. The van der Waals surface area contributed by atoms with Gasteiger partial charge >= 0.3 is 5.97 Å². The molecule has 0 saturated carbocycles. The number of esters is 1. The Balaban J connectivity index is 2.02. The molecule has 1 N–H and O–H groups in total. The summed E-state index contributed by atoms with van der Waals surface area (Å²) in [5, 5.41) is 4.74. The summed E-state index contributed by atoms with van der Waals surface area (Å²) in [6.07, 6.45) is 0. The number of amides is 1. The van der Waals surface area contributed by atoms with Gasteiger partial charge in [-0.1, -0.05) is 0 Å². The lowest BCUT2D eigenvalue weighted by molar-refractivity contribution is 0.0601. The van der Waals surface area contributed by atoms with Gasteiger partial charge in [0.2, 0.25) is 0 Å². The van der Waals surface area contributed by atoms with E-state index >= 15 is 0 Å². The molecule has 0 aliphatic heterocycles. The van der Waals surface area contributed by atoms with Crippen LogP contribution in [-0.2, 0) is 11.8 Å². The first-order valence-electron chi connectivity index (χ1n) is 7.68. The third-order valence-corrected chi connectivity index (χ3v) is 4.93. The third kappa shape index (κ3) is 2.99. The number of carbonyl (C=O) groups excluding carboxylic acids is 2. The van der Waals surface area contributed by atoms with Gasteiger partial charge in [-0.15, -0.1) is 11.3 Å². The molecule has 26 heavy (non-hydrogen) atoms. The molecule has 0 radical (unpaired) electrons. The topological polar surface area (TPSA) is 78.8 Å². The molecule has 0 aliphatic carbocycles. The minimum absolute atomic E-state index is 0.175. The van der Waals surface area contributed by atoms with E-state index in [0.717, 1.165) is 10.2 Å². The highest BCUT2D eigenvalue weighted by Crippen LogP contribution is 2.34. The molecule has 0 saturated heterocycles. The number of ether oxygens (including phenoxy) is 3. The number of hydrogen-bond acceptors (Lipinski definition) is 6. The molecule has 0 bridgehead atoms. The van der Waals surface area contributed by atoms with Crippen LogP contribution in [0, 0.1) is 0 Å².